The summed E-state index contributed by atoms with van der Waals surface area (Å²) >= 11 is 0. The van der Waals surface area contributed by atoms with Crippen molar-refractivity contribution >= 4 is 23.5 Å². The Morgan fingerprint density at radius 3 is 2.41 bits per heavy atom. The van der Waals surface area contributed by atoms with Crippen LogP contribution in [0, 0.1) is 0 Å². The highest BCUT2D eigenvalue weighted by Crippen LogP contribution is 2.27. The van der Waals surface area contributed by atoms with Crippen LogP contribution in [0.1, 0.15) is 24.8 Å². The van der Waals surface area contributed by atoms with Gasteiger partial charge in [-0.3, -0.25) is 19.3 Å². The number of nitrogens with zero attached hydrogens (tertiary/aromatic N) is 3. The summed E-state index contributed by atoms with van der Waals surface area (Å²) in [5.41, 5.74) is 2.29. The van der Waals surface area contributed by atoms with Crippen molar-refractivity contribution in [1.82, 2.24) is 9.80 Å². The molecule has 0 aliphatic carbocycles. The molecule has 0 unspecified atom stereocenters. The number of anilines is 1. The summed E-state index contributed by atoms with van der Waals surface area (Å²) in [6.07, 6.45) is 1.74. The maximum absolute atomic E-state index is 12.6. The topological polar surface area (TPSA) is 70.2 Å². The van der Waals surface area contributed by atoms with Crippen LogP contribution < -0.4 is 4.90 Å². The van der Waals surface area contributed by atoms with E-state index in [1.165, 1.54) is 12.7 Å². The summed E-state index contributed by atoms with van der Waals surface area (Å²) in [7, 11) is 1.33. The molecule has 1 saturated heterocycles. The molecular formula is C20H27N3O4. The number of amides is 2. The Morgan fingerprint density at radius 2 is 1.67 bits per heavy atom. The molecular weight excluding hydrogens is 346 g/mol. The van der Waals surface area contributed by atoms with Crippen molar-refractivity contribution in [3.05, 3.63) is 29.8 Å². The number of fused-ring (bicyclic) bond motifs is 1. The Morgan fingerprint density at radius 1 is 0.926 bits per heavy atom. The first-order valence-electron chi connectivity index (χ1n) is 9.53. The highest BCUT2D eigenvalue weighted by Gasteiger charge is 2.26. The van der Waals surface area contributed by atoms with E-state index in [1.54, 1.807) is 4.90 Å². The predicted molar refractivity (Wildman–Crippen MR) is 101 cm³/mol. The third kappa shape index (κ3) is 4.86. The molecule has 7 nitrogen and oxygen atoms in total. The van der Waals surface area contributed by atoms with Gasteiger partial charge in [0.25, 0.3) is 0 Å². The number of ether oxygens (including phenoxy) is 1. The van der Waals surface area contributed by atoms with Crippen LogP contribution in [0.3, 0.4) is 0 Å². The van der Waals surface area contributed by atoms with E-state index in [2.05, 4.69) is 15.7 Å². The molecule has 146 valence electrons. The van der Waals surface area contributed by atoms with Crippen LogP contribution >= 0.6 is 0 Å². The monoisotopic (exact) mass is 373 g/mol. The summed E-state index contributed by atoms with van der Waals surface area (Å²) in [4.78, 5) is 41.8. The van der Waals surface area contributed by atoms with Gasteiger partial charge in [0.15, 0.2) is 0 Å². The molecule has 1 aromatic rings. The molecule has 3 rings (SSSR count). The molecule has 27 heavy (non-hydrogen) atoms. The second-order valence-electron chi connectivity index (χ2n) is 6.97. The summed E-state index contributed by atoms with van der Waals surface area (Å²) in [5.74, 6) is -0.203. The maximum atomic E-state index is 12.6. The lowest BCUT2D eigenvalue weighted by Crippen LogP contribution is -2.49. The number of hydrogen-bond donors (Lipinski definition) is 0. The highest BCUT2D eigenvalue weighted by atomic mass is 16.5. The lowest BCUT2D eigenvalue weighted by atomic mass is 10.2. The van der Waals surface area contributed by atoms with Crippen molar-refractivity contribution in [3.8, 4) is 0 Å². The molecule has 7 heteroatoms. The molecule has 0 aromatic heterocycles. The second kappa shape index (κ2) is 8.99. The van der Waals surface area contributed by atoms with Gasteiger partial charge in [-0.2, -0.15) is 0 Å². The molecule has 0 radical (unpaired) electrons. The number of para-hydroxylation sites is 1. The Balaban J connectivity index is 1.39. The first kappa shape index (κ1) is 19.4. The van der Waals surface area contributed by atoms with Gasteiger partial charge in [-0.15, -0.1) is 0 Å². The number of hydrogen-bond acceptors (Lipinski definition) is 5. The molecule has 1 aromatic carbocycles. The van der Waals surface area contributed by atoms with Crippen molar-refractivity contribution in [2.24, 2.45) is 0 Å². The third-order valence-corrected chi connectivity index (χ3v) is 5.33. The van der Waals surface area contributed by atoms with Gasteiger partial charge >= 0.3 is 5.97 Å². The minimum Gasteiger partial charge on any atom is -0.469 e. The van der Waals surface area contributed by atoms with Crippen LogP contribution in [0.15, 0.2) is 24.3 Å². The van der Waals surface area contributed by atoms with Crippen molar-refractivity contribution in [3.63, 3.8) is 0 Å². The average Bonchev–Trinajstić information content (AvgIpc) is 3.14. The van der Waals surface area contributed by atoms with E-state index >= 15 is 0 Å². The first-order chi connectivity index (χ1) is 13.1. The Hall–Kier alpha value is -2.41. The van der Waals surface area contributed by atoms with Gasteiger partial charge < -0.3 is 14.5 Å². The molecule has 0 saturated carbocycles. The second-order valence-corrected chi connectivity index (χ2v) is 6.97. The lowest BCUT2D eigenvalue weighted by Gasteiger charge is -2.34. The van der Waals surface area contributed by atoms with Crippen molar-refractivity contribution in [2.75, 3.05) is 51.3 Å². The van der Waals surface area contributed by atoms with E-state index in [0.717, 1.165) is 31.7 Å². The fourth-order valence-electron chi connectivity index (χ4n) is 3.68. The van der Waals surface area contributed by atoms with Crippen LogP contribution in [0.25, 0.3) is 0 Å². The van der Waals surface area contributed by atoms with Crippen LogP contribution in [0.4, 0.5) is 5.69 Å². The maximum Gasteiger partial charge on any atom is 0.306 e. The van der Waals surface area contributed by atoms with E-state index in [0.29, 0.717) is 26.1 Å². The quantitative estimate of drug-likeness (QED) is 0.698. The summed E-state index contributed by atoms with van der Waals surface area (Å²) in [6.45, 7) is 4.27. The SMILES string of the molecule is COC(=O)CCC(=O)N1CCN(CCC(=O)N2CCc3ccccc32)CC1. The lowest BCUT2D eigenvalue weighted by molar-refractivity contribution is -0.144. The van der Waals surface area contributed by atoms with Crippen molar-refractivity contribution < 1.29 is 19.1 Å². The normalized spacial score (nSPS) is 16.9. The predicted octanol–water partition coefficient (Wildman–Crippen LogP) is 1.06. The van der Waals surface area contributed by atoms with Gasteiger partial charge in [-0.05, 0) is 18.1 Å². The van der Waals surface area contributed by atoms with Crippen LogP contribution in [-0.2, 0) is 25.5 Å². The van der Waals surface area contributed by atoms with Gasteiger partial charge in [-0.25, -0.2) is 0 Å². The van der Waals surface area contributed by atoms with Crippen molar-refractivity contribution in [1.29, 1.82) is 0 Å². The number of carbonyl (C=O) groups excluding carboxylic acids is 3. The van der Waals surface area contributed by atoms with Crippen molar-refractivity contribution in [2.45, 2.75) is 25.7 Å². The minimum atomic E-state index is -0.357. The number of benzene rings is 1. The molecule has 2 amide bonds. The van der Waals surface area contributed by atoms with Gasteiger partial charge in [0.05, 0.1) is 13.5 Å². The zero-order valence-corrected chi connectivity index (χ0v) is 15.9. The fourth-order valence-corrected chi connectivity index (χ4v) is 3.68. The van der Waals surface area contributed by atoms with E-state index < -0.39 is 0 Å². The third-order valence-electron chi connectivity index (χ3n) is 5.33. The standard InChI is InChI=1S/C20H27N3O4/c1-27-20(26)7-6-18(24)22-14-12-21(13-15-22)10-9-19(25)23-11-8-16-4-2-3-5-17(16)23/h2-5H,6-15H2,1H3. The van der Waals surface area contributed by atoms with Gasteiger partial charge in [0.2, 0.25) is 11.8 Å². The number of methoxy groups -OCH3 is 1. The smallest absolute Gasteiger partial charge is 0.306 e. The van der Waals surface area contributed by atoms with Crippen LogP contribution in [0.2, 0.25) is 0 Å². The Labute approximate surface area is 159 Å². The number of rotatable bonds is 6. The first-order valence-corrected chi connectivity index (χ1v) is 9.53. The largest absolute Gasteiger partial charge is 0.469 e. The Bertz CT molecular complexity index is 698. The molecule has 0 spiro atoms. The number of piperazine rings is 1. The van der Waals surface area contributed by atoms with Crippen LogP contribution in [-0.4, -0.2) is 74.0 Å². The number of esters is 1. The molecule has 2 aliphatic rings. The zero-order chi connectivity index (χ0) is 19.2. The number of carbonyl (C=O) groups is 3. The zero-order valence-electron chi connectivity index (χ0n) is 15.9. The molecule has 0 bridgehead atoms. The highest BCUT2D eigenvalue weighted by molar-refractivity contribution is 5.95. The van der Waals surface area contributed by atoms with Gasteiger partial charge in [0, 0.05) is 57.8 Å². The molecule has 1 fully saturated rings. The van der Waals surface area contributed by atoms with E-state index in [-0.39, 0.29) is 30.6 Å². The van der Waals surface area contributed by atoms with E-state index in [9.17, 15) is 14.4 Å². The van der Waals surface area contributed by atoms with E-state index in [1.807, 2.05) is 23.1 Å². The molecule has 2 aliphatic heterocycles. The summed E-state index contributed by atoms with van der Waals surface area (Å²) < 4.78 is 4.57. The summed E-state index contributed by atoms with van der Waals surface area (Å²) in [5, 5.41) is 0. The van der Waals surface area contributed by atoms with Gasteiger partial charge in [-0.1, -0.05) is 18.2 Å². The molecule has 2 heterocycles. The summed E-state index contributed by atoms with van der Waals surface area (Å²) in [6, 6.07) is 8.08. The van der Waals surface area contributed by atoms with Gasteiger partial charge in [0.1, 0.15) is 0 Å². The van der Waals surface area contributed by atoms with Crippen LogP contribution in [0.5, 0.6) is 0 Å². The minimum absolute atomic E-state index is 0.00944. The molecule has 0 N–H and O–H groups in total. The Kier molecular flexibility index (Phi) is 6.45. The molecule has 0 atom stereocenters. The van der Waals surface area contributed by atoms with E-state index in [4.69, 9.17) is 0 Å². The average molecular weight is 373 g/mol. The fraction of sp³-hybridized carbons (Fsp3) is 0.550.